The molecule has 0 unspecified atom stereocenters. The largest absolute Gasteiger partial charge is 0.354 e. The lowest BCUT2D eigenvalue weighted by Gasteiger charge is -2.07. The van der Waals surface area contributed by atoms with E-state index < -0.39 is 0 Å². The van der Waals surface area contributed by atoms with Gasteiger partial charge < -0.3 is 10.6 Å². The third-order valence-corrected chi connectivity index (χ3v) is 3.46. The Kier molecular flexibility index (Phi) is 5.49. The maximum atomic E-state index is 5.88. The molecule has 20 heavy (non-hydrogen) atoms. The van der Waals surface area contributed by atoms with Gasteiger partial charge >= 0.3 is 0 Å². The first kappa shape index (κ1) is 14.9. The Morgan fingerprint density at radius 3 is 2.40 bits per heavy atom. The lowest BCUT2D eigenvalue weighted by Crippen LogP contribution is -2.11. The molecule has 2 rings (SSSR count). The molecule has 0 aliphatic carbocycles. The van der Waals surface area contributed by atoms with Crippen molar-refractivity contribution in [2.75, 3.05) is 23.7 Å². The van der Waals surface area contributed by atoms with E-state index in [1.807, 2.05) is 6.92 Å². The zero-order valence-electron chi connectivity index (χ0n) is 11.5. The van der Waals surface area contributed by atoms with Gasteiger partial charge in [0, 0.05) is 24.9 Å². The van der Waals surface area contributed by atoms with E-state index in [9.17, 15) is 0 Å². The summed E-state index contributed by atoms with van der Waals surface area (Å²) in [6.07, 6.45) is 1.82. The van der Waals surface area contributed by atoms with Gasteiger partial charge in [0.25, 0.3) is 0 Å². The van der Waals surface area contributed by atoms with E-state index in [-0.39, 0.29) is 5.28 Å². The molecule has 2 aromatic heterocycles. The molecular formula is C12H17ClN6S. The first-order chi connectivity index (χ1) is 9.67. The van der Waals surface area contributed by atoms with Gasteiger partial charge in [-0.3, -0.25) is 0 Å². The van der Waals surface area contributed by atoms with Gasteiger partial charge in [-0.2, -0.15) is 15.0 Å². The van der Waals surface area contributed by atoms with Gasteiger partial charge in [-0.05, 0) is 24.9 Å². The molecule has 2 aromatic rings. The van der Waals surface area contributed by atoms with Crippen LogP contribution in [0.4, 0.5) is 11.9 Å². The lowest BCUT2D eigenvalue weighted by molar-refractivity contribution is 0.916. The molecule has 0 bridgehead atoms. The second-order valence-corrected chi connectivity index (χ2v) is 5.61. The van der Waals surface area contributed by atoms with Crippen LogP contribution in [-0.4, -0.2) is 33.0 Å². The summed E-state index contributed by atoms with van der Waals surface area (Å²) >= 11 is 7.53. The molecule has 0 aliphatic rings. The fraction of sp³-hybridized carbons (Fsp3) is 0.500. The SMILES string of the molecule is CCCNc1nc(Cl)nc(NCCc2csc(C)n2)n1. The van der Waals surface area contributed by atoms with Crippen molar-refractivity contribution in [3.8, 4) is 0 Å². The van der Waals surface area contributed by atoms with E-state index in [1.54, 1.807) is 11.3 Å². The summed E-state index contributed by atoms with van der Waals surface area (Å²) in [7, 11) is 0. The molecule has 0 aromatic carbocycles. The molecule has 8 heteroatoms. The van der Waals surface area contributed by atoms with Crippen molar-refractivity contribution in [1.82, 2.24) is 19.9 Å². The fourth-order valence-corrected chi connectivity index (χ4v) is 2.38. The highest BCUT2D eigenvalue weighted by molar-refractivity contribution is 7.09. The predicted molar refractivity (Wildman–Crippen MR) is 82.7 cm³/mol. The van der Waals surface area contributed by atoms with Crippen LogP contribution in [0.15, 0.2) is 5.38 Å². The lowest BCUT2D eigenvalue weighted by atomic mass is 10.3. The van der Waals surface area contributed by atoms with Crippen molar-refractivity contribution in [1.29, 1.82) is 0 Å². The van der Waals surface area contributed by atoms with Gasteiger partial charge in [0.2, 0.25) is 17.2 Å². The summed E-state index contributed by atoms with van der Waals surface area (Å²) in [5.41, 5.74) is 1.07. The highest BCUT2D eigenvalue weighted by Gasteiger charge is 2.04. The normalized spacial score (nSPS) is 10.6. The minimum absolute atomic E-state index is 0.186. The van der Waals surface area contributed by atoms with Crippen molar-refractivity contribution in [2.24, 2.45) is 0 Å². The zero-order valence-corrected chi connectivity index (χ0v) is 13.1. The molecule has 0 radical (unpaired) electrons. The second-order valence-electron chi connectivity index (χ2n) is 4.21. The molecule has 108 valence electrons. The van der Waals surface area contributed by atoms with Crippen LogP contribution in [0.5, 0.6) is 0 Å². The van der Waals surface area contributed by atoms with Crippen LogP contribution < -0.4 is 10.6 Å². The number of nitrogens with one attached hydrogen (secondary N) is 2. The highest BCUT2D eigenvalue weighted by Crippen LogP contribution is 2.11. The third-order valence-electron chi connectivity index (χ3n) is 2.47. The average molecular weight is 313 g/mol. The van der Waals surface area contributed by atoms with Gasteiger partial charge in [-0.15, -0.1) is 11.3 Å². The molecule has 6 nitrogen and oxygen atoms in total. The van der Waals surface area contributed by atoms with Gasteiger partial charge in [-0.1, -0.05) is 6.92 Å². The third kappa shape index (κ3) is 4.57. The second kappa shape index (κ2) is 7.35. The number of halogens is 1. The zero-order chi connectivity index (χ0) is 14.4. The molecule has 0 saturated heterocycles. The Bertz CT molecular complexity index is 559. The van der Waals surface area contributed by atoms with Gasteiger partial charge in [0.05, 0.1) is 10.7 Å². The topological polar surface area (TPSA) is 75.6 Å². The van der Waals surface area contributed by atoms with E-state index in [4.69, 9.17) is 11.6 Å². The molecule has 0 amide bonds. The minimum Gasteiger partial charge on any atom is -0.354 e. The quantitative estimate of drug-likeness (QED) is 0.819. The van der Waals surface area contributed by atoms with Crippen LogP contribution in [0.2, 0.25) is 5.28 Å². The van der Waals surface area contributed by atoms with Crippen LogP contribution in [0.1, 0.15) is 24.0 Å². The van der Waals surface area contributed by atoms with Crippen molar-refractivity contribution < 1.29 is 0 Å². The maximum absolute atomic E-state index is 5.88. The summed E-state index contributed by atoms with van der Waals surface area (Å²) in [6.45, 7) is 5.58. The number of rotatable bonds is 7. The Labute approximate surface area is 127 Å². The van der Waals surface area contributed by atoms with Gasteiger partial charge in [-0.25, -0.2) is 4.98 Å². The van der Waals surface area contributed by atoms with E-state index in [2.05, 4.69) is 42.9 Å². The standard InChI is InChI=1S/C12H17ClN6S/c1-3-5-14-11-17-10(13)18-12(19-11)15-6-4-9-7-20-8(2)16-9/h7H,3-6H2,1-2H3,(H2,14,15,17,18,19). The Hall–Kier alpha value is -1.47. The van der Waals surface area contributed by atoms with E-state index >= 15 is 0 Å². The van der Waals surface area contributed by atoms with Crippen molar-refractivity contribution in [2.45, 2.75) is 26.7 Å². The number of nitrogens with zero attached hydrogens (tertiary/aromatic N) is 4. The molecule has 0 saturated carbocycles. The monoisotopic (exact) mass is 312 g/mol. The number of thiazole rings is 1. The number of anilines is 2. The summed E-state index contributed by atoms with van der Waals surface area (Å²) < 4.78 is 0. The van der Waals surface area contributed by atoms with Crippen molar-refractivity contribution >= 4 is 34.8 Å². The van der Waals surface area contributed by atoms with Crippen LogP contribution in [0.25, 0.3) is 0 Å². The fourth-order valence-electron chi connectivity index (χ4n) is 1.57. The Balaban J connectivity index is 1.89. The summed E-state index contributed by atoms with van der Waals surface area (Å²) in [5.74, 6) is 0.981. The Morgan fingerprint density at radius 1 is 1.10 bits per heavy atom. The van der Waals surface area contributed by atoms with Crippen LogP contribution in [0, 0.1) is 6.92 Å². The van der Waals surface area contributed by atoms with E-state index in [0.717, 1.165) is 30.1 Å². The molecule has 0 fully saturated rings. The molecule has 2 N–H and O–H groups in total. The number of aromatic nitrogens is 4. The molecule has 0 atom stereocenters. The molecule has 2 heterocycles. The minimum atomic E-state index is 0.186. The van der Waals surface area contributed by atoms with Gasteiger partial charge in [0.1, 0.15) is 0 Å². The number of hydrogen-bond acceptors (Lipinski definition) is 7. The van der Waals surface area contributed by atoms with Crippen molar-refractivity contribution in [3.05, 3.63) is 21.4 Å². The summed E-state index contributed by atoms with van der Waals surface area (Å²) in [5, 5.41) is 9.55. The molecule has 0 spiro atoms. The predicted octanol–water partition coefficient (Wildman–Crippen LogP) is 2.77. The first-order valence-electron chi connectivity index (χ1n) is 6.47. The van der Waals surface area contributed by atoms with Gasteiger partial charge in [0.15, 0.2) is 0 Å². The average Bonchev–Trinajstić information content (AvgIpc) is 2.81. The van der Waals surface area contributed by atoms with Crippen LogP contribution in [0.3, 0.4) is 0 Å². The van der Waals surface area contributed by atoms with Crippen molar-refractivity contribution in [3.63, 3.8) is 0 Å². The highest BCUT2D eigenvalue weighted by atomic mass is 35.5. The first-order valence-corrected chi connectivity index (χ1v) is 7.73. The van der Waals surface area contributed by atoms with Crippen LogP contribution in [-0.2, 0) is 6.42 Å². The smallest absolute Gasteiger partial charge is 0.228 e. The van der Waals surface area contributed by atoms with E-state index in [1.165, 1.54) is 0 Å². The van der Waals surface area contributed by atoms with E-state index in [0.29, 0.717) is 18.4 Å². The number of hydrogen-bond donors (Lipinski definition) is 2. The van der Waals surface area contributed by atoms with Crippen LogP contribution >= 0.6 is 22.9 Å². The number of aryl methyl sites for hydroxylation is 1. The maximum Gasteiger partial charge on any atom is 0.228 e. The molecular weight excluding hydrogens is 296 g/mol. The summed E-state index contributed by atoms with van der Waals surface area (Å²) in [6, 6.07) is 0. The summed E-state index contributed by atoms with van der Waals surface area (Å²) in [4.78, 5) is 16.7. The molecule has 0 aliphatic heterocycles. The Morgan fingerprint density at radius 2 is 1.80 bits per heavy atom.